The Hall–Kier alpha value is -0.490. The fourth-order valence-electron chi connectivity index (χ4n) is 0.724. The minimum absolute atomic E-state index is 0.260. The predicted octanol–water partition coefficient (Wildman–Crippen LogP) is 1.61. The highest BCUT2D eigenvalue weighted by molar-refractivity contribution is 7.90. The van der Waals surface area contributed by atoms with Gasteiger partial charge in [0.2, 0.25) is 0 Å². The Morgan fingerprint density at radius 1 is 1.23 bits per heavy atom. The molecule has 0 aliphatic rings. The summed E-state index contributed by atoms with van der Waals surface area (Å²) in [5.41, 5.74) is 0.275. The van der Waals surface area contributed by atoms with Gasteiger partial charge in [-0.15, -0.1) is 0 Å². The first-order valence-electron chi connectivity index (χ1n) is 3.14. The van der Waals surface area contributed by atoms with Crippen LogP contribution in [0.3, 0.4) is 0 Å². The quantitative estimate of drug-likeness (QED) is 0.825. The minimum atomic E-state index is -3.76. The first-order valence-corrected chi connectivity index (χ1v) is 5.44. The molecule has 0 amide bonds. The van der Waals surface area contributed by atoms with Crippen LogP contribution < -0.4 is 9.86 Å². The summed E-state index contributed by atoms with van der Waals surface area (Å²) in [5.74, 6) is 0. The number of hydrogen-bond donors (Lipinski definition) is 2. The van der Waals surface area contributed by atoms with Gasteiger partial charge in [0.1, 0.15) is 0 Å². The van der Waals surface area contributed by atoms with E-state index in [-0.39, 0.29) is 10.7 Å². The van der Waals surface area contributed by atoms with E-state index in [1.165, 1.54) is 18.2 Å². The van der Waals surface area contributed by atoms with E-state index in [0.717, 1.165) is 0 Å². The van der Waals surface area contributed by atoms with Crippen LogP contribution in [-0.2, 0) is 10.2 Å². The van der Waals surface area contributed by atoms with Crippen molar-refractivity contribution in [1.82, 2.24) is 0 Å². The second kappa shape index (κ2) is 3.71. The van der Waals surface area contributed by atoms with Crippen LogP contribution in [0.4, 0.5) is 5.69 Å². The molecule has 13 heavy (non-hydrogen) atoms. The maximum atomic E-state index is 10.6. The van der Waals surface area contributed by atoms with Crippen molar-refractivity contribution in [3.05, 3.63) is 28.2 Å². The summed E-state index contributed by atoms with van der Waals surface area (Å²) >= 11 is 11.2. The van der Waals surface area contributed by atoms with Crippen molar-refractivity contribution < 1.29 is 8.42 Å². The zero-order chi connectivity index (χ0) is 10.1. The highest BCUT2D eigenvalue weighted by atomic mass is 35.5. The Balaban J connectivity index is 2.99. The number of hydrogen-bond acceptors (Lipinski definition) is 2. The molecule has 0 spiro atoms. The van der Waals surface area contributed by atoms with Crippen molar-refractivity contribution in [2.45, 2.75) is 0 Å². The third-order valence-corrected chi connectivity index (χ3v) is 2.44. The minimum Gasteiger partial charge on any atom is -0.271 e. The lowest BCUT2D eigenvalue weighted by Gasteiger charge is -2.03. The molecule has 0 saturated heterocycles. The van der Waals surface area contributed by atoms with Gasteiger partial charge in [0.25, 0.3) is 10.2 Å². The molecule has 0 heterocycles. The molecule has 4 nitrogen and oxygen atoms in total. The lowest BCUT2D eigenvalue weighted by atomic mass is 10.3. The monoisotopic (exact) mass is 240 g/mol. The molecule has 0 saturated carbocycles. The van der Waals surface area contributed by atoms with Crippen LogP contribution in [0.25, 0.3) is 0 Å². The van der Waals surface area contributed by atoms with E-state index in [2.05, 4.69) is 4.72 Å². The zero-order valence-electron chi connectivity index (χ0n) is 6.29. The lowest BCUT2D eigenvalue weighted by molar-refractivity contribution is 0.603. The Morgan fingerprint density at radius 2 is 1.85 bits per heavy atom. The van der Waals surface area contributed by atoms with Crippen molar-refractivity contribution in [3.63, 3.8) is 0 Å². The van der Waals surface area contributed by atoms with Crippen LogP contribution >= 0.6 is 23.2 Å². The molecule has 72 valence electrons. The maximum absolute atomic E-state index is 10.6. The van der Waals surface area contributed by atoms with Crippen molar-refractivity contribution in [1.29, 1.82) is 0 Å². The van der Waals surface area contributed by atoms with Crippen molar-refractivity contribution in [3.8, 4) is 0 Å². The van der Waals surface area contributed by atoms with E-state index in [9.17, 15) is 8.42 Å². The number of anilines is 1. The van der Waals surface area contributed by atoms with E-state index in [0.29, 0.717) is 5.02 Å². The summed E-state index contributed by atoms with van der Waals surface area (Å²) in [6.45, 7) is 0. The molecule has 0 bridgehead atoms. The SMILES string of the molecule is NS(=O)(=O)Nc1ccc(Cl)c(Cl)c1. The summed E-state index contributed by atoms with van der Waals surface area (Å²) in [6.07, 6.45) is 0. The first kappa shape index (κ1) is 10.6. The van der Waals surface area contributed by atoms with Crippen LogP contribution in [0, 0.1) is 0 Å². The summed E-state index contributed by atoms with van der Waals surface area (Å²) in [5, 5.41) is 5.35. The third kappa shape index (κ3) is 3.40. The molecule has 0 unspecified atom stereocenters. The Bertz CT molecular complexity index is 419. The molecule has 0 aliphatic carbocycles. The van der Waals surface area contributed by atoms with E-state index in [4.69, 9.17) is 28.3 Å². The number of nitrogens with two attached hydrogens (primary N) is 1. The highest BCUT2D eigenvalue weighted by Gasteiger charge is 2.04. The molecule has 7 heteroatoms. The van der Waals surface area contributed by atoms with Crippen LogP contribution in [0.2, 0.25) is 10.0 Å². The lowest BCUT2D eigenvalue weighted by Crippen LogP contribution is -2.21. The first-order chi connectivity index (χ1) is 5.88. The molecule has 0 atom stereocenters. The Labute approximate surface area is 85.8 Å². The molecule has 1 aromatic carbocycles. The van der Waals surface area contributed by atoms with Gasteiger partial charge in [-0.1, -0.05) is 23.2 Å². The predicted molar refractivity (Wildman–Crippen MR) is 53.2 cm³/mol. The Morgan fingerprint density at radius 3 is 2.31 bits per heavy atom. The maximum Gasteiger partial charge on any atom is 0.296 e. The standard InChI is InChI=1S/C6H6Cl2N2O2S/c7-5-2-1-4(3-6(5)8)10-13(9,11)12/h1-3,10H,(H2,9,11,12). The van der Waals surface area contributed by atoms with Gasteiger partial charge >= 0.3 is 0 Å². The largest absolute Gasteiger partial charge is 0.296 e. The molecule has 1 aromatic rings. The van der Waals surface area contributed by atoms with Gasteiger partial charge in [0, 0.05) is 0 Å². The number of halogens is 2. The van der Waals surface area contributed by atoms with Crippen LogP contribution in [0.1, 0.15) is 0 Å². The molecule has 0 radical (unpaired) electrons. The molecule has 0 fully saturated rings. The van der Waals surface area contributed by atoms with Gasteiger partial charge in [-0.2, -0.15) is 8.42 Å². The van der Waals surface area contributed by atoms with Gasteiger partial charge in [0.15, 0.2) is 0 Å². The van der Waals surface area contributed by atoms with E-state index < -0.39 is 10.2 Å². The molecular formula is C6H6Cl2N2O2S. The van der Waals surface area contributed by atoms with Crippen molar-refractivity contribution >= 4 is 39.1 Å². The Kier molecular flexibility index (Phi) is 3.02. The van der Waals surface area contributed by atoms with Gasteiger partial charge in [-0.25, -0.2) is 5.14 Å². The van der Waals surface area contributed by atoms with E-state index >= 15 is 0 Å². The number of benzene rings is 1. The second-order valence-electron chi connectivity index (χ2n) is 2.28. The second-order valence-corrected chi connectivity index (χ2v) is 4.38. The van der Waals surface area contributed by atoms with Gasteiger partial charge in [0.05, 0.1) is 15.7 Å². The van der Waals surface area contributed by atoms with E-state index in [1.807, 2.05) is 0 Å². The number of rotatable bonds is 2. The van der Waals surface area contributed by atoms with Crippen LogP contribution in [-0.4, -0.2) is 8.42 Å². The van der Waals surface area contributed by atoms with Crippen LogP contribution in [0.15, 0.2) is 18.2 Å². The van der Waals surface area contributed by atoms with Crippen molar-refractivity contribution in [2.75, 3.05) is 4.72 Å². The topological polar surface area (TPSA) is 72.2 Å². The fourth-order valence-corrected chi connectivity index (χ4v) is 1.48. The van der Waals surface area contributed by atoms with Gasteiger partial charge in [-0.05, 0) is 18.2 Å². The summed E-state index contributed by atoms with van der Waals surface area (Å²) < 4.78 is 23.2. The summed E-state index contributed by atoms with van der Waals surface area (Å²) in [7, 11) is -3.76. The summed E-state index contributed by atoms with van der Waals surface area (Å²) in [6, 6.07) is 4.30. The van der Waals surface area contributed by atoms with Gasteiger partial charge in [-0.3, -0.25) is 4.72 Å². The molecule has 1 rings (SSSR count). The third-order valence-electron chi connectivity index (χ3n) is 1.18. The smallest absolute Gasteiger partial charge is 0.271 e. The molecule has 3 N–H and O–H groups in total. The number of nitrogens with one attached hydrogen (secondary N) is 1. The average molecular weight is 241 g/mol. The normalized spacial score (nSPS) is 11.3. The van der Waals surface area contributed by atoms with Crippen molar-refractivity contribution in [2.24, 2.45) is 5.14 Å². The van der Waals surface area contributed by atoms with E-state index in [1.54, 1.807) is 0 Å². The average Bonchev–Trinajstić information content (AvgIpc) is 1.94. The molecule has 0 aliphatic heterocycles. The highest BCUT2D eigenvalue weighted by Crippen LogP contribution is 2.25. The van der Waals surface area contributed by atoms with Crippen LogP contribution in [0.5, 0.6) is 0 Å². The fraction of sp³-hybridized carbons (Fsp3) is 0. The zero-order valence-corrected chi connectivity index (χ0v) is 8.62. The van der Waals surface area contributed by atoms with Gasteiger partial charge < -0.3 is 0 Å². The summed E-state index contributed by atoms with van der Waals surface area (Å²) in [4.78, 5) is 0. The molecule has 0 aromatic heterocycles. The molecular weight excluding hydrogens is 235 g/mol.